The van der Waals surface area contributed by atoms with Crippen LogP contribution in [-0.4, -0.2) is 37.0 Å². The highest BCUT2D eigenvalue weighted by molar-refractivity contribution is 5.46. The number of nitrogens with one attached hydrogen (secondary N) is 1. The maximum Gasteiger partial charge on any atom is 0.207 e. The summed E-state index contributed by atoms with van der Waals surface area (Å²) in [5.74, 6) is 0.746. The minimum absolute atomic E-state index is 0.418. The zero-order chi connectivity index (χ0) is 9.68. The lowest BCUT2D eigenvalue weighted by atomic mass is 10.0. The van der Waals surface area contributed by atoms with E-state index in [-0.39, 0.29) is 0 Å². The van der Waals surface area contributed by atoms with Crippen molar-refractivity contribution in [3.05, 3.63) is 0 Å². The first-order chi connectivity index (χ1) is 6.22. The number of carbonyl (C=O) groups excluding carboxylic acids is 1. The van der Waals surface area contributed by atoms with E-state index in [4.69, 9.17) is 0 Å². The second kappa shape index (κ2) is 5.22. The molecule has 0 saturated carbocycles. The van der Waals surface area contributed by atoms with Gasteiger partial charge in [0.2, 0.25) is 6.41 Å². The van der Waals surface area contributed by atoms with E-state index < -0.39 is 0 Å². The molecule has 1 N–H and O–H groups in total. The molecule has 0 spiro atoms. The van der Waals surface area contributed by atoms with Crippen LogP contribution in [0.1, 0.15) is 26.7 Å². The topological polar surface area (TPSA) is 32.3 Å². The second-order valence-corrected chi connectivity index (χ2v) is 4.25. The number of nitrogens with zero attached hydrogens (tertiary/aromatic N) is 1. The molecule has 13 heavy (non-hydrogen) atoms. The smallest absolute Gasteiger partial charge is 0.207 e. The van der Waals surface area contributed by atoms with Gasteiger partial charge in [0, 0.05) is 25.7 Å². The predicted molar refractivity (Wildman–Crippen MR) is 53.5 cm³/mol. The third-order valence-electron chi connectivity index (χ3n) is 2.51. The first-order valence-corrected chi connectivity index (χ1v) is 5.14. The summed E-state index contributed by atoms with van der Waals surface area (Å²) in [6.07, 6.45) is 3.03. The standard InChI is InChI=1S/C10H20N2O/c1-9(2)7-12-5-3-10(4-6-12)11-8-13/h8-10H,3-7H2,1-2H3,(H,11,13). The molecule has 0 aliphatic carbocycles. The van der Waals surface area contributed by atoms with Crippen LogP contribution in [0.3, 0.4) is 0 Å². The van der Waals surface area contributed by atoms with Gasteiger partial charge in [-0.05, 0) is 18.8 Å². The van der Waals surface area contributed by atoms with Gasteiger partial charge in [0.15, 0.2) is 0 Å². The van der Waals surface area contributed by atoms with Crippen molar-refractivity contribution < 1.29 is 4.79 Å². The van der Waals surface area contributed by atoms with Gasteiger partial charge in [0.1, 0.15) is 0 Å². The van der Waals surface area contributed by atoms with E-state index in [0.717, 1.165) is 38.3 Å². The highest BCUT2D eigenvalue weighted by Crippen LogP contribution is 2.11. The Bertz CT molecular complexity index is 151. The Morgan fingerprint density at radius 3 is 2.54 bits per heavy atom. The van der Waals surface area contributed by atoms with Crippen LogP contribution >= 0.6 is 0 Å². The molecule has 0 radical (unpaired) electrons. The fraction of sp³-hybridized carbons (Fsp3) is 0.900. The minimum Gasteiger partial charge on any atom is -0.356 e. The molecule has 3 nitrogen and oxygen atoms in total. The molecule has 1 heterocycles. The number of amides is 1. The lowest BCUT2D eigenvalue weighted by molar-refractivity contribution is -0.110. The summed E-state index contributed by atoms with van der Waals surface area (Å²) in [7, 11) is 0. The minimum atomic E-state index is 0.418. The molecule has 0 aromatic carbocycles. The maximum atomic E-state index is 10.2. The highest BCUT2D eigenvalue weighted by Gasteiger charge is 2.18. The normalized spacial score (nSPS) is 20.5. The first-order valence-electron chi connectivity index (χ1n) is 5.14. The molecule has 3 heteroatoms. The molecule has 0 aromatic rings. The van der Waals surface area contributed by atoms with Crippen molar-refractivity contribution in [2.45, 2.75) is 32.7 Å². The SMILES string of the molecule is CC(C)CN1CCC(NC=O)CC1. The Morgan fingerprint density at radius 2 is 2.08 bits per heavy atom. The lowest BCUT2D eigenvalue weighted by Crippen LogP contribution is -2.43. The van der Waals surface area contributed by atoms with Crippen molar-refractivity contribution in [2.75, 3.05) is 19.6 Å². The average Bonchev–Trinajstić information content (AvgIpc) is 2.08. The molecular weight excluding hydrogens is 164 g/mol. The zero-order valence-corrected chi connectivity index (χ0v) is 8.62. The van der Waals surface area contributed by atoms with Crippen LogP contribution in [0.25, 0.3) is 0 Å². The van der Waals surface area contributed by atoms with Crippen molar-refractivity contribution in [3.8, 4) is 0 Å². The highest BCUT2D eigenvalue weighted by atomic mass is 16.1. The molecule has 0 bridgehead atoms. The Hall–Kier alpha value is -0.570. The summed E-state index contributed by atoms with van der Waals surface area (Å²) in [6.45, 7) is 7.94. The van der Waals surface area contributed by atoms with Crippen molar-refractivity contribution in [1.82, 2.24) is 10.2 Å². The summed E-state index contributed by atoms with van der Waals surface area (Å²) < 4.78 is 0. The summed E-state index contributed by atoms with van der Waals surface area (Å²) >= 11 is 0. The first kappa shape index (κ1) is 10.5. The number of carbonyl (C=O) groups is 1. The van der Waals surface area contributed by atoms with Gasteiger partial charge < -0.3 is 10.2 Å². The van der Waals surface area contributed by atoms with Crippen LogP contribution in [0.2, 0.25) is 0 Å². The third-order valence-corrected chi connectivity index (χ3v) is 2.51. The largest absolute Gasteiger partial charge is 0.356 e. The van der Waals surface area contributed by atoms with Crippen LogP contribution in [0.5, 0.6) is 0 Å². The van der Waals surface area contributed by atoms with Crippen molar-refractivity contribution in [1.29, 1.82) is 0 Å². The van der Waals surface area contributed by atoms with Gasteiger partial charge in [-0.15, -0.1) is 0 Å². The number of piperidine rings is 1. The van der Waals surface area contributed by atoms with E-state index in [1.165, 1.54) is 6.54 Å². The monoisotopic (exact) mass is 184 g/mol. The summed E-state index contributed by atoms with van der Waals surface area (Å²) in [4.78, 5) is 12.7. The van der Waals surface area contributed by atoms with E-state index in [2.05, 4.69) is 24.1 Å². The fourth-order valence-electron chi connectivity index (χ4n) is 1.89. The van der Waals surface area contributed by atoms with Gasteiger partial charge in [-0.1, -0.05) is 13.8 Å². The zero-order valence-electron chi connectivity index (χ0n) is 8.62. The maximum absolute atomic E-state index is 10.2. The fourth-order valence-corrected chi connectivity index (χ4v) is 1.89. The van der Waals surface area contributed by atoms with Crippen LogP contribution in [0, 0.1) is 5.92 Å². The number of rotatable bonds is 4. The van der Waals surface area contributed by atoms with E-state index in [1.807, 2.05) is 0 Å². The Morgan fingerprint density at radius 1 is 1.46 bits per heavy atom. The molecule has 0 atom stereocenters. The lowest BCUT2D eigenvalue weighted by Gasteiger charge is -2.32. The molecule has 1 aliphatic heterocycles. The molecule has 1 fully saturated rings. The summed E-state index contributed by atoms with van der Waals surface area (Å²) in [6, 6.07) is 0.418. The van der Waals surface area contributed by atoms with Crippen molar-refractivity contribution >= 4 is 6.41 Å². The molecule has 0 unspecified atom stereocenters. The van der Waals surface area contributed by atoms with Crippen LogP contribution < -0.4 is 5.32 Å². The summed E-state index contributed by atoms with van der Waals surface area (Å²) in [5.41, 5.74) is 0. The molecule has 1 saturated heterocycles. The predicted octanol–water partition coefficient (Wildman–Crippen LogP) is 0.853. The van der Waals surface area contributed by atoms with Gasteiger partial charge in [-0.3, -0.25) is 4.79 Å². The Balaban J connectivity index is 2.18. The van der Waals surface area contributed by atoms with Crippen LogP contribution in [0.15, 0.2) is 0 Å². The molecule has 1 aliphatic rings. The van der Waals surface area contributed by atoms with E-state index in [1.54, 1.807) is 0 Å². The van der Waals surface area contributed by atoms with Gasteiger partial charge in [0.25, 0.3) is 0 Å². The number of hydrogen-bond acceptors (Lipinski definition) is 2. The Kier molecular flexibility index (Phi) is 4.22. The van der Waals surface area contributed by atoms with Crippen LogP contribution in [-0.2, 0) is 4.79 Å². The van der Waals surface area contributed by atoms with Crippen molar-refractivity contribution in [3.63, 3.8) is 0 Å². The quantitative estimate of drug-likeness (QED) is 0.657. The molecular formula is C10H20N2O. The van der Waals surface area contributed by atoms with E-state index in [0.29, 0.717) is 6.04 Å². The molecule has 1 rings (SSSR count). The second-order valence-electron chi connectivity index (χ2n) is 4.25. The van der Waals surface area contributed by atoms with E-state index in [9.17, 15) is 4.79 Å². The molecule has 0 aromatic heterocycles. The van der Waals surface area contributed by atoms with Gasteiger partial charge >= 0.3 is 0 Å². The Labute approximate surface area is 80.5 Å². The number of hydrogen-bond donors (Lipinski definition) is 1. The number of likely N-dealkylation sites (tertiary alicyclic amines) is 1. The van der Waals surface area contributed by atoms with Crippen molar-refractivity contribution in [2.24, 2.45) is 5.92 Å². The van der Waals surface area contributed by atoms with Gasteiger partial charge in [0.05, 0.1) is 0 Å². The average molecular weight is 184 g/mol. The van der Waals surface area contributed by atoms with Crippen LogP contribution in [0.4, 0.5) is 0 Å². The van der Waals surface area contributed by atoms with Gasteiger partial charge in [-0.25, -0.2) is 0 Å². The molecule has 1 amide bonds. The van der Waals surface area contributed by atoms with E-state index >= 15 is 0 Å². The summed E-state index contributed by atoms with van der Waals surface area (Å²) in [5, 5.41) is 2.85. The molecule has 76 valence electrons. The van der Waals surface area contributed by atoms with Gasteiger partial charge in [-0.2, -0.15) is 0 Å². The third kappa shape index (κ3) is 3.77.